The van der Waals surface area contributed by atoms with Crippen LogP contribution in [0.3, 0.4) is 0 Å². The normalized spacial score (nSPS) is 25.9. The highest BCUT2D eigenvalue weighted by Gasteiger charge is 2.39. The molecule has 1 saturated carbocycles. The summed E-state index contributed by atoms with van der Waals surface area (Å²) in [5.74, 6) is 2.58. The van der Waals surface area contributed by atoms with Crippen LogP contribution in [0.1, 0.15) is 17.9 Å². The molecule has 0 radical (unpaired) electrons. The Labute approximate surface area is 108 Å². The molecule has 18 heavy (non-hydrogen) atoms. The molecule has 1 aromatic carbocycles. The predicted molar refractivity (Wildman–Crippen MR) is 72.2 cm³/mol. The van der Waals surface area contributed by atoms with Gasteiger partial charge in [0, 0.05) is 25.6 Å². The fraction of sp³-hybridized carbons (Fsp3) is 0.500. The summed E-state index contributed by atoms with van der Waals surface area (Å²) in [6, 6.07) is 8.88. The van der Waals surface area contributed by atoms with Gasteiger partial charge in [0.05, 0.1) is 13.7 Å². The van der Waals surface area contributed by atoms with E-state index in [4.69, 9.17) is 4.74 Å². The van der Waals surface area contributed by atoms with E-state index in [9.17, 15) is 0 Å². The minimum Gasteiger partial charge on any atom is -0.497 e. The van der Waals surface area contributed by atoms with E-state index >= 15 is 0 Å². The topological polar surface area (TPSA) is 36.9 Å². The number of nitrogens with one attached hydrogen (secondary N) is 1. The monoisotopic (exact) mass is 245 g/mol. The number of ether oxygens (including phenoxy) is 1. The molecule has 1 aliphatic heterocycles. The van der Waals surface area contributed by atoms with Gasteiger partial charge in [0.1, 0.15) is 5.75 Å². The van der Waals surface area contributed by atoms with Crippen molar-refractivity contribution in [2.75, 3.05) is 27.2 Å². The number of hydrogen-bond donors (Lipinski definition) is 1. The van der Waals surface area contributed by atoms with Crippen LogP contribution in [0, 0.1) is 0 Å². The van der Waals surface area contributed by atoms with Crippen molar-refractivity contribution in [3.63, 3.8) is 0 Å². The first-order chi connectivity index (χ1) is 8.78. The second kappa shape index (κ2) is 4.52. The Morgan fingerprint density at radius 1 is 1.44 bits per heavy atom. The van der Waals surface area contributed by atoms with E-state index in [-0.39, 0.29) is 0 Å². The smallest absolute Gasteiger partial charge is 0.194 e. The van der Waals surface area contributed by atoms with Crippen LogP contribution in [0.25, 0.3) is 0 Å². The highest BCUT2D eigenvalue weighted by Crippen LogP contribution is 2.41. The van der Waals surface area contributed by atoms with Gasteiger partial charge in [-0.05, 0) is 24.1 Å². The Hall–Kier alpha value is -1.71. The third kappa shape index (κ3) is 2.15. The molecule has 0 bridgehead atoms. The first-order valence-corrected chi connectivity index (χ1v) is 6.44. The lowest BCUT2D eigenvalue weighted by Crippen LogP contribution is -2.37. The van der Waals surface area contributed by atoms with E-state index in [1.165, 1.54) is 12.0 Å². The molecule has 4 nitrogen and oxygen atoms in total. The molecule has 3 rings (SSSR count). The second-order valence-electron chi connectivity index (χ2n) is 5.00. The van der Waals surface area contributed by atoms with Crippen LogP contribution in [-0.2, 0) is 0 Å². The van der Waals surface area contributed by atoms with Crippen molar-refractivity contribution in [2.45, 2.75) is 18.4 Å². The zero-order chi connectivity index (χ0) is 12.5. The molecule has 1 aliphatic carbocycles. The minimum absolute atomic E-state index is 0.524. The highest BCUT2D eigenvalue weighted by molar-refractivity contribution is 5.82. The van der Waals surface area contributed by atoms with Crippen molar-refractivity contribution in [1.82, 2.24) is 10.2 Å². The lowest BCUT2D eigenvalue weighted by atomic mass is 10.1. The zero-order valence-corrected chi connectivity index (χ0v) is 10.9. The number of rotatable bonds is 3. The van der Waals surface area contributed by atoms with E-state index in [0.29, 0.717) is 12.0 Å². The van der Waals surface area contributed by atoms with Crippen molar-refractivity contribution >= 4 is 5.96 Å². The SMILES string of the molecule is COc1cccc([C@@H]2C[C@H]2NC2=NCCN2C)c1. The number of nitrogens with zero attached hydrogens (tertiary/aromatic N) is 2. The summed E-state index contributed by atoms with van der Waals surface area (Å²) in [6.45, 7) is 1.94. The molecule has 0 spiro atoms. The Balaban J connectivity index is 1.63. The molecule has 0 saturated heterocycles. The van der Waals surface area contributed by atoms with Crippen molar-refractivity contribution in [2.24, 2.45) is 4.99 Å². The first-order valence-electron chi connectivity index (χ1n) is 6.44. The largest absolute Gasteiger partial charge is 0.497 e. The summed E-state index contributed by atoms with van der Waals surface area (Å²) in [4.78, 5) is 6.65. The van der Waals surface area contributed by atoms with Gasteiger partial charge >= 0.3 is 0 Å². The fourth-order valence-electron chi connectivity index (χ4n) is 2.45. The summed E-state index contributed by atoms with van der Waals surface area (Å²) < 4.78 is 5.27. The average Bonchev–Trinajstić information content (AvgIpc) is 3.06. The number of guanidine groups is 1. The van der Waals surface area contributed by atoms with Crippen LogP contribution in [0.4, 0.5) is 0 Å². The van der Waals surface area contributed by atoms with E-state index in [2.05, 4.69) is 40.5 Å². The van der Waals surface area contributed by atoms with Crippen molar-refractivity contribution in [3.05, 3.63) is 29.8 Å². The molecule has 2 atom stereocenters. The van der Waals surface area contributed by atoms with Crippen LogP contribution < -0.4 is 10.1 Å². The molecule has 1 N–H and O–H groups in total. The molecule has 0 amide bonds. The lowest BCUT2D eigenvalue weighted by molar-refractivity contribution is 0.414. The molecule has 4 heteroatoms. The fourth-order valence-corrected chi connectivity index (χ4v) is 2.45. The molecule has 0 aromatic heterocycles. The Morgan fingerprint density at radius 2 is 2.33 bits per heavy atom. The standard InChI is InChI=1S/C14H19N3O/c1-17-7-6-15-14(17)16-13-9-12(13)10-4-3-5-11(8-10)18-2/h3-5,8,12-13H,6-7,9H2,1-2H3,(H,15,16)/t12-,13+/m0/s1. The number of likely N-dealkylation sites (N-methyl/N-ethyl adjacent to an activating group) is 1. The molecular weight excluding hydrogens is 226 g/mol. The lowest BCUT2D eigenvalue weighted by Gasteiger charge is -2.15. The quantitative estimate of drug-likeness (QED) is 0.875. The van der Waals surface area contributed by atoms with Gasteiger partial charge in [0.15, 0.2) is 5.96 Å². The summed E-state index contributed by atoms with van der Waals surface area (Å²) in [5.41, 5.74) is 1.35. The predicted octanol–water partition coefficient (Wildman–Crippen LogP) is 1.44. The molecular formula is C14H19N3O. The van der Waals surface area contributed by atoms with E-state index in [1.807, 2.05) is 6.07 Å². The number of benzene rings is 1. The van der Waals surface area contributed by atoms with Gasteiger partial charge in [0.25, 0.3) is 0 Å². The Kier molecular flexibility index (Phi) is 2.86. The maximum Gasteiger partial charge on any atom is 0.194 e. The summed E-state index contributed by atoms with van der Waals surface area (Å²) in [7, 11) is 3.80. The third-order valence-corrected chi connectivity index (χ3v) is 3.69. The average molecular weight is 245 g/mol. The molecule has 2 aliphatic rings. The molecule has 0 unspecified atom stereocenters. The number of aliphatic imine (C=N–C) groups is 1. The van der Waals surface area contributed by atoms with Crippen LogP contribution >= 0.6 is 0 Å². The van der Waals surface area contributed by atoms with Gasteiger partial charge in [-0.3, -0.25) is 4.99 Å². The maximum atomic E-state index is 5.27. The summed E-state index contributed by atoms with van der Waals surface area (Å²) in [5, 5.41) is 3.52. The molecule has 1 fully saturated rings. The Bertz CT molecular complexity index is 472. The van der Waals surface area contributed by atoms with Crippen LogP contribution in [0.2, 0.25) is 0 Å². The molecule has 1 aromatic rings. The third-order valence-electron chi connectivity index (χ3n) is 3.69. The number of hydrogen-bond acceptors (Lipinski definition) is 4. The van der Waals surface area contributed by atoms with E-state index in [1.54, 1.807) is 7.11 Å². The van der Waals surface area contributed by atoms with Crippen molar-refractivity contribution in [3.8, 4) is 5.75 Å². The van der Waals surface area contributed by atoms with Gasteiger partial charge in [-0.15, -0.1) is 0 Å². The maximum absolute atomic E-state index is 5.27. The van der Waals surface area contributed by atoms with E-state index < -0.39 is 0 Å². The second-order valence-corrected chi connectivity index (χ2v) is 5.00. The first kappa shape index (κ1) is 11.4. The minimum atomic E-state index is 0.524. The zero-order valence-electron chi connectivity index (χ0n) is 10.9. The van der Waals surface area contributed by atoms with E-state index in [0.717, 1.165) is 24.8 Å². The summed E-state index contributed by atoms with van der Waals surface area (Å²) >= 11 is 0. The molecule has 1 heterocycles. The van der Waals surface area contributed by atoms with Crippen LogP contribution in [0.5, 0.6) is 5.75 Å². The van der Waals surface area contributed by atoms with Gasteiger partial charge in [-0.25, -0.2) is 0 Å². The molecule has 96 valence electrons. The number of methoxy groups -OCH3 is 1. The van der Waals surface area contributed by atoms with Gasteiger partial charge in [-0.2, -0.15) is 0 Å². The van der Waals surface area contributed by atoms with Gasteiger partial charge in [0.2, 0.25) is 0 Å². The summed E-state index contributed by atoms with van der Waals surface area (Å²) in [6.07, 6.45) is 1.18. The highest BCUT2D eigenvalue weighted by atomic mass is 16.5. The van der Waals surface area contributed by atoms with Gasteiger partial charge in [-0.1, -0.05) is 12.1 Å². The Morgan fingerprint density at radius 3 is 3.06 bits per heavy atom. The van der Waals surface area contributed by atoms with Crippen LogP contribution in [-0.4, -0.2) is 44.1 Å². The van der Waals surface area contributed by atoms with Gasteiger partial charge < -0.3 is 15.0 Å². The van der Waals surface area contributed by atoms with Crippen LogP contribution in [0.15, 0.2) is 29.3 Å². The van der Waals surface area contributed by atoms with Crippen molar-refractivity contribution < 1.29 is 4.74 Å². The van der Waals surface area contributed by atoms with Crippen molar-refractivity contribution in [1.29, 1.82) is 0 Å².